The molecule has 0 saturated carbocycles. The molecule has 10 heteroatoms. The summed E-state index contributed by atoms with van der Waals surface area (Å²) < 4.78 is 15.5. The molecule has 0 heterocycles. The molecule has 2 rings (SSSR count). The van der Waals surface area contributed by atoms with Gasteiger partial charge in [0.25, 0.3) is 11.6 Å². The van der Waals surface area contributed by atoms with Gasteiger partial charge in [-0.3, -0.25) is 14.9 Å². The maximum absolute atomic E-state index is 12.0. The molecular formula is C18H19N3O7. The van der Waals surface area contributed by atoms with E-state index in [0.29, 0.717) is 17.1 Å². The van der Waals surface area contributed by atoms with Crippen LogP contribution in [0.2, 0.25) is 0 Å². The fourth-order valence-corrected chi connectivity index (χ4v) is 2.29. The number of rotatable bonds is 9. The lowest BCUT2D eigenvalue weighted by Gasteiger charge is -2.10. The number of carbonyl (C=O) groups excluding carboxylic acids is 1. The molecule has 28 heavy (non-hydrogen) atoms. The standard InChI is InChI=1S/C18H19N3O7/c1-25-15-6-4-5-12(18(15)27-3)10-19-28-11-17(22)20-14-8-7-13(21(23)24)9-16(14)26-2/h4-10H,11H2,1-3H3,(H,20,22)/b19-10-. The van der Waals surface area contributed by atoms with Crippen LogP contribution in [0, 0.1) is 10.1 Å². The van der Waals surface area contributed by atoms with Gasteiger partial charge in [0, 0.05) is 11.6 Å². The summed E-state index contributed by atoms with van der Waals surface area (Å²) in [7, 11) is 4.37. The van der Waals surface area contributed by atoms with E-state index in [2.05, 4.69) is 10.5 Å². The molecule has 10 nitrogen and oxygen atoms in total. The van der Waals surface area contributed by atoms with Gasteiger partial charge >= 0.3 is 0 Å². The lowest BCUT2D eigenvalue weighted by Crippen LogP contribution is -2.17. The van der Waals surface area contributed by atoms with E-state index in [1.807, 2.05) is 0 Å². The Morgan fingerprint density at radius 2 is 1.89 bits per heavy atom. The van der Waals surface area contributed by atoms with Gasteiger partial charge in [-0.1, -0.05) is 11.2 Å². The quantitative estimate of drug-likeness (QED) is 0.397. The van der Waals surface area contributed by atoms with Crippen molar-refractivity contribution in [2.24, 2.45) is 5.16 Å². The van der Waals surface area contributed by atoms with Crippen molar-refractivity contribution in [1.82, 2.24) is 0 Å². The van der Waals surface area contributed by atoms with E-state index in [0.717, 1.165) is 0 Å². The molecule has 0 aromatic heterocycles. The second kappa shape index (κ2) is 9.76. The molecule has 2 aromatic rings. The third-order valence-electron chi connectivity index (χ3n) is 3.57. The highest BCUT2D eigenvalue weighted by molar-refractivity contribution is 5.93. The first-order valence-electron chi connectivity index (χ1n) is 7.98. The van der Waals surface area contributed by atoms with Crippen molar-refractivity contribution in [3.05, 3.63) is 52.1 Å². The molecule has 0 unspecified atom stereocenters. The summed E-state index contributed by atoms with van der Waals surface area (Å²) in [5, 5.41) is 17.1. The summed E-state index contributed by atoms with van der Waals surface area (Å²) in [4.78, 5) is 27.2. The van der Waals surface area contributed by atoms with Gasteiger partial charge in [-0.15, -0.1) is 0 Å². The van der Waals surface area contributed by atoms with Gasteiger partial charge < -0.3 is 24.4 Å². The third kappa shape index (κ3) is 5.10. The lowest BCUT2D eigenvalue weighted by molar-refractivity contribution is -0.384. The zero-order valence-corrected chi connectivity index (χ0v) is 15.5. The SMILES string of the molecule is COc1cc([N+](=O)[O-])ccc1NC(=O)CO/N=C\c1cccc(OC)c1OC. The van der Waals surface area contributed by atoms with Gasteiger partial charge in [0.15, 0.2) is 18.1 Å². The molecule has 0 aliphatic rings. The minimum absolute atomic E-state index is 0.150. The maximum atomic E-state index is 12.0. The Kier molecular flexibility index (Phi) is 7.14. The van der Waals surface area contributed by atoms with Crippen LogP contribution in [0.15, 0.2) is 41.6 Å². The van der Waals surface area contributed by atoms with Crippen LogP contribution in [-0.2, 0) is 9.63 Å². The van der Waals surface area contributed by atoms with E-state index in [4.69, 9.17) is 19.0 Å². The number of nitro groups is 1. The summed E-state index contributed by atoms with van der Waals surface area (Å²) in [6.07, 6.45) is 1.39. The van der Waals surface area contributed by atoms with Crippen LogP contribution >= 0.6 is 0 Å². The molecule has 148 valence electrons. The van der Waals surface area contributed by atoms with Gasteiger partial charge in [-0.05, 0) is 18.2 Å². The monoisotopic (exact) mass is 389 g/mol. The highest BCUT2D eigenvalue weighted by atomic mass is 16.6. The average Bonchev–Trinajstić information content (AvgIpc) is 2.70. The summed E-state index contributed by atoms with van der Waals surface area (Å²) in [6.45, 7) is -0.372. The van der Waals surface area contributed by atoms with Crippen LogP contribution in [0.1, 0.15) is 5.56 Å². The first-order chi connectivity index (χ1) is 13.5. The second-order valence-electron chi connectivity index (χ2n) is 5.28. The molecule has 1 N–H and O–H groups in total. The fourth-order valence-electron chi connectivity index (χ4n) is 2.29. The Morgan fingerprint density at radius 3 is 2.54 bits per heavy atom. The van der Waals surface area contributed by atoms with E-state index in [1.54, 1.807) is 18.2 Å². The Hall–Kier alpha value is -3.82. The molecular weight excluding hydrogens is 370 g/mol. The van der Waals surface area contributed by atoms with Gasteiger partial charge in [-0.25, -0.2) is 0 Å². The summed E-state index contributed by atoms with van der Waals surface area (Å²) in [5.74, 6) is 0.668. The average molecular weight is 389 g/mol. The number of nitrogens with one attached hydrogen (secondary N) is 1. The van der Waals surface area contributed by atoms with Crippen molar-refractivity contribution < 1.29 is 28.8 Å². The number of benzene rings is 2. The molecule has 2 aromatic carbocycles. The number of nitrogens with zero attached hydrogens (tertiary/aromatic N) is 2. The minimum Gasteiger partial charge on any atom is -0.494 e. The number of oxime groups is 1. The fraction of sp³-hybridized carbons (Fsp3) is 0.222. The predicted octanol–water partition coefficient (Wildman–Crippen LogP) is 2.61. The Balaban J connectivity index is 1.97. The summed E-state index contributed by atoms with van der Waals surface area (Å²) in [6, 6.07) is 9.09. The number of non-ortho nitro benzene ring substituents is 1. The zero-order chi connectivity index (χ0) is 20.5. The van der Waals surface area contributed by atoms with Crippen molar-refractivity contribution >= 4 is 23.5 Å². The molecule has 0 radical (unpaired) electrons. The number of hydrogen-bond acceptors (Lipinski definition) is 8. The van der Waals surface area contributed by atoms with E-state index < -0.39 is 10.8 Å². The topological polar surface area (TPSA) is 122 Å². The Bertz CT molecular complexity index is 883. The summed E-state index contributed by atoms with van der Waals surface area (Å²) in [5.41, 5.74) is 0.738. The van der Waals surface area contributed by atoms with Gasteiger partial charge in [0.2, 0.25) is 0 Å². The van der Waals surface area contributed by atoms with Crippen LogP contribution in [0.5, 0.6) is 17.2 Å². The molecule has 0 aliphatic carbocycles. The van der Waals surface area contributed by atoms with Crippen molar-refractivity contribution in [2.45, 2.75) is 0 Å². The van der Waals surface area contributed by atoms with E-state index in [-0.39, 0.29) is 23.7 Å². The molecule has 1 amide bonds. The van der Waals surface area contributed by atoms with Crippen LogP contribution in [0.3, 0.4) is 0 Å². The van der Waals surface area contributed by atoms with E-state index >= 15 is 0 Å². The minimum atomic E-state index is -0.557. The number of ether oxygens (including phenoxy) is 3. The molecule has 0 bridgehead atoms. The highest BCUT2D eigenvalue weighted by Crippen LogP contribution is 2.30. The molecule has 0 atom stereocenters. The molecule has 0 aliphatic heterocycles. The maximum Gasteiger partial charge on any atom is 0.273 e. The number of anilines is 1. The second-order valence-corrected chi connectivity index (χ2v) is 5.28. The van der Waals surface area contributed by atoms with Crippen molar-refractivity contribution in [3.63, 3.8) is 0 Å². The van der Waals surface area contributed by atoms with Crippen molar-refractivity contribution in [3.8, 4) is 17.2 Å². The van der Waals surface area contributed by atoms with Crippen LogP contribution in [0.25, 0.3) is 0 Å². The number of nitro benzene ring substituents is 1. The zero-order valence-electron chi connectivity index (χ0n) is 15.5. The predicted molar refractivity (Wildman–Crippen MR) is 101 cm³/mol. The van der Waals surface area contributed by atoms with Gasteiger partial charge in [-0.2, -0.15) is 0 Å². The molecule has 0 spiro atoms. The number of para-hydroxylation sites is 1. The Labute approximate surface area is 160 Å². The van der Waals surface area contributed by atoms with Crippen LogP contribution in [-0.4, -0.2) is 45.0 Å². The van der Waals surface area contributed by atoms with Crippen LogP contribution < -0.4 is 19.5 Å². The number of carbonyl (C=O) groups is 1. The van der Waals surface area contributed by atoms with Gasteiger partial charge in [0.1, 0.15) is 5.75 Å². The number of amides is 1. The first-order valence-corrected chi connectivity index (χ1v) is 7.98. The highest BCUT2D eigenvalue weighted by Gasteiger charge is 2.13. The van der Waals surface area contributed by atoms with E-state index in [1.165, 1.54) is 45.7 Å². The Morgan fingerprint density at radius 1 is 1.14 bits per heavy atom. The van der Waals surface area contributed by atoms with E-state index in [9.17, 15) is 14.9 Å². The molecule has 0 saturated heterocycles. The third-order valence-corrected chi connectivity index (χ3v) is 3.57. The smallest absolute Gasteiger partial charge is 0.273 e. The normalized spacial score (nSPS) is 10.4. The number of methoxy groups -OCH3 is 3. The van der Waals surface area contributed by atoms with Crippen LogP contribution in [0.4, 0.5) is 11.4 Å². The largest absolute Gasteiger partial charge is 0.494 e. The van der Waals surface area contributed by atoms with Crippen molar-refractivity contribution in [2.75, 3.05) is 33.3 Å². The van der Waals surface area contributed by atoms with Gasteiger partial charge in [0.05, 0.1) is 44.2 Å². The first kappa shape index (κ1) is 20.5. The summed E-state index contributed by atoms with van der Waals surface area (Å²) >= 11 is 0. The van der Waals surface area contributed by atoms with Crippen molar-refractivity contribution in [1.29, 1.82) is 0 Å². The number of hydrogen-bond donors (Lipinski definition) is 1. The lowest BCUT2D eigenvalue weighted by atomic mass is 10.2. The molecule has 0 fully saturated rings.